The maximum absolute atomic E-state index is 5.02. The third-order valence-electron chi connectivity index (χ3n) is 6.73. The number of nitrogens with zero attached hydrogens (tertiary/aromatic N) is 6. The summed E-state index contributed by atoms with van der Waals surface area (Å²) in [5, 5.41) is 10.9. The predicted molar refractivity (Wildman–Crippen MR) is 130 cm³/mol. The minimum atomic E-state index is 0.516. The normalized spacial score (nSPS) is 14.3. The van der Waals surface area contributed by atoms with Crippen molar-refractivity contribution in [2.24, 2.45) is 0 Å². The Balaban J connectivity index is 1.40. The molecule has 0 bridgehead atoms. The van der Waals surface area contributed by atoms with Gasteiger partial charge in [0.25, 0.3) is 0 Å². The second-order valence-electron chi connectivity index (χ2n) is 8.72. The third-order valence-corrected chi connectivity index (χ3v) is 6.73. The third kappa shape index (κ3) is 3.52. The van der Waals surface area contributed by atoms with Crippen LogP contribution in [0.2, 0.25) is 0 Å². The molecule has 0 amide bonds. The first-order valence-electron chi connectivity index (χ1n) is 11.7. The maximum Gasteiger partial charge on any atom is 0.115 e. The molecule has 2 aromatic carbocycles. The van der Waals surface area contributed by atoms with Gasteiger partial charge in [0.2, 0.25) is 0 Å². The minimum Gasteiger partial charge on any atom is -0.262 e. The van der Waals surface area contributed by atoms with Crippen LogP contribution in [0.5, 0.6) is 0 Å². The van der Waals surface area contributed by atoms with E-state index in [0.717, 1.165) is 34.5 Å². The highest BCUT2D eigenvalue weighted by Gasteiger charge is 2.22. The number of aromatic nitrogens is 6. The van der Waals surface area contributed by atoms with E-state index in [1.165, 1.54) is 42.3 Å². The van der Waals surface area contributed by atoms with E-state index in [2.05, 4.69) is 75.2 Å². The van der Waals surface area contributed by atoms with Crippen LogP contribution in [-0.2, 0) is 6.42 Å². The first-order chi connectivity index (χ1) is 16.3. The Kier molecular flexibility index (Phi) is 4.98. The molecule has 0 N–H and O–H groups in total. The molecule has 1 fully saturated rings. The molecule has 1 aliphatic carbocycles. The molecule has 6 rings (SSSR count). The van der Waals surface area contributed by atoms with Crippen molar-refractivity contribution in [3.63, 3.8) is 0 Å². The Morgan fingerprint density at radius 1 is 0.879 bits per heavy atom. The summed E-state index contributed by atoms with van der Waals surface area (Å²) in [6.45, 7) is 2.19. The summed E-state index contributed by atoms with van der Waals surface area (Å²) in [4.78, 5) is 8.24. The van der Waals surface area contributed by atoms with Gasteiger partial charge in [-0.05, 0) is 49.1 Å². The highest BCUT2D eigenvalue weighted by molar-refractivity contribution is 5.86. The van der Waals surface area contributed by atoms with Crippen molar-refractivity contribution in [2.75, 3.05) is 0 Å². The lowest BCUT2D eigenvalue weighted by Gasteiger charge is -2.13. The van der Waals surface area contributed by atoms with Gasteiger partial charge < -0.3 is 0 Å². The molecule has 6 heteroatoms. The van der Waals surface area contributed by atoms with Gasteiger partial charge in [-0.1, -0.05) is 44.0 Å². The lowest BCUT2D eigenvalue weighted by atomic mass is 10.1. The zero-order valence-electron chi connectivity index (χ0n) is 18.7. The molecule has 0 atom stereocenters. The number of rotatable bonds is 5. The lowest BCUT2D eigenvalue weighted by Crippen LogP contribution is -2.06. The van der Waals surface area contributed by atoms with E-state index in [1.807, 2.05) is 23.3 Å². The van der Waals surface area contributed by atoms with E-state index in [1.54, 1.807) is 6.33 Å². The topological polar surface area (TPSA) is 61.4 Å². The van der Waals surface area contributed by atoms with Gasteiger partial charge in [-0.3, -0.25) is 4.68 Å². The molecule has 164 valence electrons. The van der Waals surface area contributed by atoms with Crippen LogP contribution >= 0.6 is 0 Å². The summed E-state index contributed by atoms with van der Waals surface area (Å²) in [6, 6.07) is 17.7. The molecule has 6 nitrogen and oxygen atoms in total. The number of aryl methyl sites for hydroxylation is 1. The summed E-state index contributed by atoms with van der Waals surface area (Å²) >= 11 is 0. The van der Waals surface area contributed by atoms with Gasteiger partial charge in [-0.25, -0.2) is 14.6 Å². The van der Waals surface area contributed by atoms with Crippen LogP contribution in [0.4, 0.5) is 0 Å². The van der Waals surface area contributed by atoms with Crippen molar-refractivity contribution in [1.82, 2.24) is 29.5 Å². The average molecular weight is 435 g/mol. The second kappa shape index (κ2) is 8.28. The average Bonchev–Trinajstić information content (AvgIpc) is 3.64. The van der Waals surface area contributed by atoms with Crippen LogP contribution in [0.3, 0.4) is 0 Å². The van der Waals surface area contributed by atoms with Gasteiger partial charge in [0.1, 0.15) is 6.33 Å². The highest BCUT2D eigenvalue weighted by Crippen LogP contribution is 2.35. The number of benzene rings is 2. The molecular formula is C27H26N6. The SMILES string of the molecule is CCc1nn(C2CCCC2)c2cc(-c3ccnn3-c3ccc(-c4cncnc4)cc3)ccc12. The van der Waals surface area contributed by atoms with Gasteiger partial charge in [-0.15, -0.1) is 0 Å². The smallest absolute Gasteiger partial charge is 0.115 e. The maximum atomic E-state index is 5.02. The Bertz CT molecular complexity index is 1390. The molecule has 0 aliphatic heterocycles. The molecule has 0 unspecified atom stereocenters. The molecule has 33 heavy (non-hydrogen) atoms. The Hall–Kier alpha value is -3.80. The lowest BCUT2D eigenvalue weighted by molar-refractivity contribution is 0.478. The molecule has 1 aliphatic rings. The van der Waals surface area contributed by atoms with Crippen molar-refractivity contribution >= 4 is 10.9 Å². The van der Waals surface area contributed by atoms with Crippen LogP contribution in [0.15, 0.2) is 73.4 Å². The quantitative estimate of drug-likeness (QED) is 0.339. The van der Waals surface area contributed by atoms with Crippen molar-refractivity contribution in [2.45, 2.75) is 45.1 Å². The monoisotopic (exact) mass is 434 g/mol. The van der Waals surface area contributed by atoms with E-state index in [0.29, 0.717) is 6.04 Å². The summed E-state index contributed by atoms with van der Waals surface area (Å²) in [6.07, 6.45) is 13.1. The zero-order valence-corrected chi connectivity index (χ0v) is 18.7. The van der Waals surface area contributed by atoms with E-state index < -0.39 is 0 Å². The molecular weight excluding hydrogens is 408 g/mol. The van der Waals surface area contributed by atoms with Crippen LogP contribution in [0.1, 0.15) is 44.3 Å². The first kappa shape index (κ1) is 19.9. The number of hydrogen-bond donors (Lipinski definition) is 0. The molecule has 5 aromatic rings. The summed E-state index contributed by atoms with van der Waals surface area (Å²) in [7, 11) is 0. The highest BCUT2D eigenvalue weighted by atomic mass is 15.3. The van der Waals surface area contributed by atoms with Crippen LogP contribution in [-0.4, -0.2) is 29.5 Å². The van der Waals surface area contributed by atoms with Gasteiger partial charge in [0.15, 0.2) is 0 Å². The minimum absolute atomic E-state index is 0.516. The number of fused-ring (bicyclic) bond motifs is 1. The Morgan fingerprint density at radius 3 is 2.39 bits per heavy atom. The first-order valence-corrected chi connectivity index (χ1v) is 11.7. The largest absolute Gasteiger partial charge is 0.262 e. The molecule has 1 saturated carbocycles. The standard InChI is InChI=1S/C27H26N6/c1-2-25-24-12-9-20(15-27(24)33(31-25)22-5-3-4-6-22)26-13-14-30-32(26)23-10-7-19(8-11-23)21-16-28-18-29-17-21/h7-18,22H,2-6H2,1H3. The Labute approximate surface area is 192 Å². The number of hydrogen-bond acceptors (Lipinski definition) is 4. The van der Waals surface area contributed by atoms with Crippen LogP contribution < -0.4 is 0 Å². The van der Waals surface area contributed by atoms with E-state index in [-0.39, 0.29) is 0 Å². The summed E-state index contributed by atoms with van der Waals surface area (Å²) < 4.78 is 4.30. The van der Waals surface area contributed by atoms with Crippen molar-refractivity contribution < 1.29 is 0 Å². The van der Waals surface area contributed by atoms with Crippen molar-refractivity contribution in [3.05, 3.63) is 79.1 Å². The van der Waals surface area contributed by atoms with Gasteiger partial charge in [0, 0.05) is 28.9 Å². The summed E-state index contributed by atoms with van der Waals surface area (Å²) in [5.74, 6) is 0. The fraction of sp³-hybridized carbons (Fsp3) is 0.259. The van der Waals surface area contributed by atoms with Gasteiger partial charge in [0.05, 0.1) is 34.8 Å². The van der Waals surface area contributed by atoms with Crippen LogP contribution in [0.25, 0.3) is 39.0 Å². The van der Waals surface area contributed by atoms with Crippen molar-refractivity contribution in [3.8, 4) is 28.1 Å². The molecule has 3 aromatic heterocycles. The molecule has 0 saturated heterocycles. The molecule has 0 radical (unpaired) electrons. The fourth-order valence-electron chi connectivity index (χ4n) is 5.02. The van der Waals surface area contributed by atoms with E-state index >= 15 is 0 Å². The molecule has 3 heterocycles. The fourth-order valence-corrected chi connectivity index (χ4v) is 5.02. The van der Waals surface area contributed by atoms with E-state index in [9.17, 15) is 0 Å². The van der Waals surface area contributed by atoms with Gasteiger partial charge >= 0.3 is 0 Å². The van der Waals surface area contributed by atoms with Crippen LogP contribution in [0, 0.1) is 0 Å². The second-order valence-corrected chi connectivity index (χ2v) is 8.72. The van der Waals surface area contributed by atoms with Gasteiger partial charge in [-0.2, -0.15) is 10.2 Å². The predicted octanol–water partition coefficient (Wildman–Crippen LogP) is 6.02. The summed E-state index contributed by atoms with van der Waals surface area (Å²) in [5.41, 5.74) is 7.77. The van der Waals surface area contributed by atoms with Crippen molar-refractivity contribution in [1.29, 1.82) is 0 Å². The zero-order chi connectivity index (χ0) is 22.2. The Morgan fingerprint density at radius 2 is 1.64 bits per heavy atom. The van der Waals surface area contributed by atoms with E-state index in [4.69, 9.17) is 5.10 Å². The molecule has 0 spiro atoms.